The third-order valence-electron chi connectivity index (χ3n) is 15.6. The summed E-state index contributed by atoms with van der Waals surface area (Å²) in [5, 5.41) is 107. The minimum atomic E-state index is -2.24. The molecule has 424 valence electrons. The predicted molar refractivity (Wildman–Crippen MR) is 271 cm³/mol. The first-order valence-corrected chi connectivity index (χ1v) is 24.8. The van der Waals surface area contributed by atoms with Crippen molar-refractivity contribution < 1.29 is 108 Å². The average molecular weight is 1120 g/mol. The number of phenolic OH excluding ortho intramolecular Hbond substituents is 4. The zero-order valence-corrected chi connectivity index (χ0v) is 43.6. The lowest BCUT2D eigenvalue weighted by molar-refractivity contribution is -0.247. The summed E-state index contributed by atoms with van der Waals surface area (Å²) >= 11 is 0. The molecule has 2 saturated heterocycles. The molecular formula is C54H59ClN2O22. The van der Waals surface area contributed by atoms with E-state index < -0.39 is 191 Å². The number of carbonyl (C=O) groups excluding carboxylic acids is 6. The minimum absolute atomic E-state index is 0. The average Bonchev–Trinajstić information content (AvgIpc) is 3.59. The van der Waals surface area contributed by atoms with Crippen LogP contribution in [0.4, 0.5) is 0 Å². The van der Waals surface area contributed by atoms with Gasteiger partial charge in [-0.15, -0.1) is 12.4 Å². The molecule has 0 unspecified atom stereocenters. The van der Waals surface area contributed by atoms with E-state index in [2.05, 4.69) is 0 Å². The molecule has 0 spiro atoms. The molecule has 4 aromatic carbocycles. The maximum Gasteiger partial charge on any atom is 0.202 e. The molecule has 10 rings (SSSR count). The lowest BCUT2D eigenvalue weighted by atomic mass is 9.72. The quantitative estimate of drug-likeness (QED) is 0.0827. The number of benzene rings is 4. The molecule has 2 heterocycles. The van der Waals surface area contributed by atoms with Crippen LogP contribution in [0.5, 0.6) is 34.5 Å². The van der Waals surface area contributed by atoms with E-state index in [9.17, 15) is 79.8 Å². The van der Waals surface area contributed by atoms with Gasteiger partial charge in [-0.3, -0.25) is 28.8 Å². The summed E-state index contributed by atoms with van der Waals surface area (Å²) in [6.45, 7) is 1.12. The van der Waals surface area contributed by atoms with Gasteiger partial charge in [-0.25, -0.2) is 0 Å². The normalized spacial score (nSPS) is 29.5. The molecule has 2 aliphatic heterocycles. The summed E-state index contributed by atoms with van der Waals surface area (Å²) in [6.07, 6.45) is -10.2. The van der Waals surface area contributed by atoms with E-state index in [1.807, 2.05) is 0 Å². The van der Waals surface area contributed by atoms with Gasteiger partial charge in [-0.2, -0.15) is 0 Å². The highest BCUT2D eigenvalue weighted by atomic mass is 35.5. The van der Waals surface area contributed by atoms with Gasteiger partial charge < -0.3 is 91.0 Å². The van der Waals surface area contributed by atoms with Crippen LogP contribution >= 0.6 is 12.4 Å². The molecule has 0 bridgehead atoms. The van der Waals surface area contributed by atoms with Crippen molar-refractivity contribution in [2.45, 2.75) is 125 Å². The lowest BCUT2D eigenvalue weighted by Gasteiger charge is -2.42. The SMILES string of the molecule is COc1cccc2c1C(=O)c1c(O)c3c(c(O)c1C2=O)C[C@@](O)(C(=O)CO)C[C@@H]3O[C@H]1C[C@H](N)[C@@H](O)[C@H](C)O1.COc1cccc2c1C(=O)c1c(O)c3c(c(O)c1C2=O)C[C@@](O)(C(=O)CO)C[C@@H]3O[C@H]1C[C@H](N)[C@@H](O)[C@H](C)O1.Cl. The number of halogens is 1. The van der Waals surface area contributed by atoms with Crippen LogP contribution in [0.15, 0.2) is 36.4 Å². The summed E-state index contributed by atoms with van der Waals surface area (Å²) in [5.74, 6) is -7.55. The Labute approximate surface area is 455 Å². The number of hydrogen-bond acceptors (Lipinski definition) is 24. The van der Waals surface area contributed by atoms with Crippen LogP contribution in [0.3, 0.4) is 0 Å². The zero-order chi connectivity index (χ0) is 56.8. The molecule has 6 aliphatic rings. The Balaban J connectivity index is 0.000000205. The van der Waals surface area contributed by atoms with Gasteiger partial charge >= 0.3 is 0 Å². The third-order valence-corrected chi connectivity index (χ3v) is 15.6. The summed E-state index contributed by atoms with van der Waals surface area (Å²) < 4.78 is 34.0. The second kappa shape index (κ2) is 21.9. The molecule has 12 atom stereocenters. The number of hydrogen-bond donors (Lipinski definition) is 12. The maximum atomic E-state index is 13.6. The van der Waals surface area contributed by atoms with E-state index in [0.717, 1.165) is 0 Å². The molecule has 2 fully saturated rings. The van der Waals surface area contributed by atoms with E-state index in [1.165, 1.54) is 50.6 Å². The molecule has 25 heteroatoms. The zero-order valence-electron chi connectivity index (χ0n) is 42.8. The molecule has 4 aliphatic carbocycles. The highest BCUT2D eigenvalue weighted by Crippen LogP contribution is 2.55. The van der Waals surface area contributed by atoms with Gasteiger partial charge in [-0.1, -0.05) is 24.3 Å². The van der Waals surface area contributed by atoms with Crippen molar-refractivity contribution in [1.29, 1.82) is 0 Å². The topological polar surface area (TPSA) is 412 Å². The molecule has 79 heavy (non-hydrogen) atoms. The molecule has 4 aromatic rings. The number of Topliss-reactive ketones (excluding diaryl/α,β-unsaturated/α-hetero) is 2. The molecule has 24 nitrogen and oxygen atoms in total. The molecule has 14 N–H and O–H groups in total. The van der Waals surface area contributed by atoms with Gasteiger partial charge in [-0.05, 0) is 26.0 Å². The summed E-state index contributed by atoms with van der Waals surface area (Å²) in [7, 11) is 2.64. The number of aromatic hydroxyl groups is 4. The van der Waals surface area contributed by atoms with Gasteiger partial charge in [0.05, 0.1) is 84.2 Å². The Hall–Kier alpha value is -6.49. The van der Waals surface area contributed by atoms with Crippen LogP contribution < -0.4 is 20.9 Å². The van der Waals surface area contributed by atoms with Gasteiger partial charge in [0.1, 0.15) is 58.9 Å². The van der Waals surface area contributed by atoms with Gasteiger partial charge in [0, 0.05) is 84.0 Å². The van der Waals surface area contributed by atoms with Crippen LogP contribution in [-0.4, -0.2) is 173 Å². The highest BCUT2D eigenvalue weighted by molar-refractivity contribution is 6.32. The number of methoxy groups -OCH3 is 2. The van der Waals surface area contributed by atoms with E-state index >= 15 is 0 Å². The predicted octanol–water partition coefficient (Wildman–Crippen LogP) is 0.424. The monoisotopic (exact) mass is 1120 g/mol. The van der Waals surface area contributed by atoms with Crippen molar-refractivity contribution >= 4 is 47.1 Å². The van der Waals surface area contributed by atoms with Crippen LogP contribution in [0, 0.1) is 0 Å². The van der Waals surface area contributed by atoms with E-state index in [-0.39, 0.29) is 81.3 Å². The Morgan fingerprint density at radius 3 is 1.24 bits per heavy atom. The number of carbonyl (C=O) groups is 6. The number of phenols is 4. The number of aliphatic hydroxyl groups excluding tert-OH is 4. The van der Waals surface area contributed by atoms with Crippen LogP contribution in [0.1, 0.15) is 138 Å². The van der Waals surface area contributed by atoms with Crippen LogP contribution in [0.25, 0.3) is 0 Å². The van der Waals surface area contributed by atoms with Crippen molar-refractivity contribution in [3.63, 3.8) is 0 Å². The summed E-state index contributed by atoms with van der Waals surface area (Å²) in [5.41, 5.74) is 4.75. The second-order valence-electron chi connectivity index (χ2n) is 20.3. The largest absolute Gasteiger partial charge is 0.507 e. The van der Waals surface area contributed by atoms with E-state index in [1.54, 1.807) is 13.8 Å². The third kappa shape index (κ3) is 9.62. The second-order valence-corrected chi connectivity index (χ2v) is 20.3. The Kier molecular flexibility index (Phi) is 16.2. The van der Waals surface area contributed by atoms with Crippen molar-refractivity contribution in [1.82, 2.24) is 0 Å². The first-order valence-electron chi connectivity index (χ1n) is 24.8. The fourth-order valence-electron chi connectivity index (χ4n) is 11.5. The standard InChI is InChI=1S/2C27H29NO11.ClH/c2*1-10-22(31)13(28)6-17(38-10)39-15-8-27(36,16(30)9-29)7-12-19(15)26(35)21-20(24(12)33)23(32)11-4-3-5-14(37-2)18(11)25(21)34;/h2*3-5,10,13,15,17,22,29,31,33,35-36H,6-9,28H2,1-2H3;1H/t2*10-,13-,15-,17-,22-,27-;/m00./s1. The van der Waals surface area contributed by atoms with Crippen molar-refractivity contribution in [2.75, 3.05) is 27.4 Å². The number of fused-ring (bicyclic) bond motifs is 6. The summed E-state index contributed by atoms with van der Waals surface area (Å²) in [6, 6.07) is 7.27. The van der Waals surface area contributed by atoms with Gasteiger partial charge in [0.15, 0.2) is 35.7 Å². The number of nitrogens with two attached hydrogens (primary N) is 2. The smallest absolute Gasteiger partial charge is 0.202 e. The van der Waals surface area contributed by atoms with Crippen LogP contribution in [0.2, 0.25) is 0 Å². The van der Waals surface area contributed by atoms with Crippen molar-refractivity contribution in [2.24, 2.45) is 11.5 Å². The fourth-order valence-corrected chi connectivity index (χ4v) is 11.5. The maximum absolute atomic E-state index is 13.6. The number of ether oxygens (including phenoxy) is 6. The first kappa shape index (κ1) is 58.7. The minimum Gasteiger partial charge on any atom is -0.507 e. The highest BCUT2D eigenvalue weighted by Gasteiger charge is 2.52. The van der Waals surface area contributed by atoms with Crippen molar-refractivity contribution in [3.05, 3.63) is 103 Å². The molecule has 0 aromatic heterocycles. The molecule has 0 saturated carbocycles. The first-order chi connectivity index (χ1) is 36.9. The summed E-state index contributed by atoms with van der Waals surface area (Å²) in [4.78, 5) is 79.5. The van der Waals surface area contributed by atoms with Crippen LogP contribution in [-0.2, 0) is 41.4 Å². The Bertz CT molecular complexity index is 2970. The molecule has 0 radical (unpaired) electrons. The Morgan fingerprint density at radius 2 is 0.924 bits per heavy atom. The number of ketones is 6. The van der Waals surface area contributed by atoms with Gasteiger partial charge in [0.25, 0.3) is 0 Å². The number of rotatable bonds is 10. The lowest BCUT2D eigenvalue weighted by Crippen LogP contribution is -2.53. The Morgan fingerprint density at radius 1 is 0.582 bits per heavy atom. The van der Waals surface area contributed by atoms with Crippen molar-refractivity contribution in [3.8, 4) is 34.5 Å². The number of aliphatic hydroxyl groups is 6. The van der Waals surface area contributed by atoms with E-state index in [4.69, 9.17) is 39.9 Å². The molecule has 0 amide bonds. The molecular weight excluding hydrogens is 1060 g/mol. The van der Waals surface area contributed by atoms with Gasteiger partial charge in [0.2, 0.25) is 11.6 Å². The fraction of sp³-hybridized carbons (Fsp3) is 0.444. The van der Waals surface area contributed by atoms with E-state index in [0.29, 0.717) is 0 Å².